The summed E-state index contributed by atoms with van der Waals surface area (Å²) in [7, 11) is 4.82. The van der Waals surface area contributed by atoms with Crippen LogP contribution in [-0.2, 0) is 56.9 Å². The first-order valence-corrected chi connectivity index (χ1v) is 27.6. The summed E-state index contributed by atoms with van der Waals surface area (Å²) in [6.07, 6.45) is 9.58. The Balaban J connectivity index is 0.000000164. The Morgan fingerprint density at radius 3 is 1.70 bits per heavy atom. The fraction of sp³-hybridized carbons (Fsp3) is 0.475. The van der Waals surface area contributed by atoms with E-state index >= 15 is 0 Å². The highest BCUT2D eigenvalue weighted by Crippen LogP contribution is 2.45. The molecule has 2 N–H and O–H groups in total. The topological polar surface area (TPSA) is 183 Å². The van der Waals surface area contributed by atoms with Crippen LogP contribution in [0.4, 0.5) is 21.0 Å². The maximum Gasteiger partial charge on any atom is 0.414 e. The molecule has 8 atom stereocenters. The first kappa shape index (κ1) is 52.2. The van der Waals surface area contributed by atoms with Gasteiger partial charge in [-0.3, -0.25) is 19.4 Å². The van der Waals surface area contributed by atoms with Crippen molar-refractivity contribution in [1.82, 2.24) is 23.7 Å². The summed E-state index contributed by atoms with van der Waals surface area (Å²) < 4.78 is 22.3. The van der Waals surface area contributed by atoms with Crippen molar-refractivity contribution in [2.45, 2.75) is 154 Å². The largest absolute Gasteiger partial charge is 0.452 e. The van der Waals surface area contributed by atoms with E-state index in [0.717, 1.165) is 155 Å². The fourth-order valence-electron chi connectivity index (χ4n) is 13.5. The molecule has 2 saturated carbocycles. The molecule has 0 radical (unpaired) electrons. The van der Waals surface area contributed by atoms with Gasteiger partial charge in [-0.2, -0.15) is 0 Å². The van der Waals surface area contributed by atoms with E-state index in [-0.39, 0.29) is 59.8 Å². The minimum Gasteiger partial charge on any atom is -0.452 e. The van der Waals surface area contributed by atoms with E-state index < -0.39 is 12.2 Å². The van der Waals surface area contributed by atoms with Gasteiger partial charge in [-0.25, -0.2) is 19.6 Å². The number of fused-ring (bicyclic) bond motifs is 8. The van der Waals surface area contributed by atoms with Crippen LogP contribution in [0.3, 0.4) is 0 Å². The first-order valence-electron chi connectivity index (χ1n) is 27.6. The van der Waals surface area contributed by atoms with Crippen molar-refractivity contribution in [3.63, 3.8) is 0 Å². The minimum atomic E-state index is -0.938. The lowest BCUT2D eigenvalue weighted by Gasteiger charge is -2.34. The third kappa shape index (κ3) is 9.29. The zero-order valence-corrected chi connectivity index (χ0v) is 45.3. The van der Waals surface area contributed by atoms with Crippen molar-refractivity contribution in [2.75, 3.05) is 24.0 Å². The summed E-state index contributed by atoms with van der Waals surface area (Å²) in [5, 5.41) is 24.8. The number of hydrogen-bond acceptors (Lipinski definition) is 11. The number of amides is 2. The monoisotopic (exact) mass is 1050 g/mol. The van der Waals surface area contributed by atoms with Crippen LogP contribution >= 0.6 is 0 Å². The third-order valence-corrected chi connectivity index (χ3v) is 17.7. The number of aliphatic hydroxyl groups is 2. The van der Waals surface area contributed by atoms with Gasteiger partial charge in [0, 0.05) is 65.9 Å². The molecule has 7 aromatic rings. The molecule has 3 aromatic heterocycles. The van der Waals surface area contributed by atoms with Crippen LogP contribution in [-0.4, -0.2) is 83.9 Å². The lowest BCUT2D eigenvalue weighted by molar-refractivity contribution is -0.122. The van der Waals surface area contributed by atoms with E-state index in [1.165, 1.54) is 14.2 Å². The molecular weight excluding hydrogens is 975 g/mol. The number of anilines is 2. The number of ketones is 2. The molecule has 4 aromatic carbocycles. The van der Waals surface area contributed by atoms with Crippen molar-refractivity contribution in [1.29, 1.82) is 0 Å². The van der Waals surface area contributed by atoms with Crippen molar-refractivity contribution in [2.24, 2.45) is 18.9 Å². The number of benzene rings is 4. The highest BCUT2D eigenvalue weighted by Gasteiger charge is 2.38. The summed E-state index contributed by atoms with van der Waals surface area (Å²) in [6, 6.07) is 22.2. The number of nitrogens with zero attached hydrogens (tertiary/aromatic N) is 7. The lowest BCUT2D eigenvalue weighted by atomic mass is 9.83. The lowest BCUT2D eigenvalue weighted by Crippen LogP contribution is -2.42. The van der Waals surface area contributed by atoms with Crippen LogP contribution in [0.5, 0.6) is 0 Å². The number of hydrogen-bond donors (Lipinski definition) is 2. The Morgan fingerprint density at radius 2 is 1.17 bits per heavy atom. The van der Waals surface area contributed by atoms with E-state index in [1.807, 2.05) is 93.8 Å². The second-order valence-electron chi connectivity index (χ2n) is 22.3. The molecule has 2 aliphatic carbocycles. The van der Waals surface area contributed by atoms with Gasteiger partial charge in [-0.1, -0.05) is 37.1 Å². The van der Waals surface area contributed by atoms with Gasteiger partial charge in [0.25, 0.3) is 0 Å². The first-order chi connectivity index (χ1) is 37.2. The zero-order valence-electron chi connectivity index (χ0n) is 45.3. The molecule has 0 saturated heterocycles. The van der Waals surface area contributed by atoms with Gasteiger partial charge in [0.15, 0.2) is 0 Å². The molecule has 0 spiro atoms. The van der Waals surface area contributed by atoms with Gasteiger partial charge in [0.05, 0.1) is 60.9 Å². The Kier molecular flexibility index (Phi) is 14.3. The highest BCUT2D eigenvalue weighted by molar-refractivity contribution is 5.97. The summed E-state index contributed by atoms with van der Waals surface area (Å²) in [5.74, 6) is 1.65. The fourth-order valence-corrected chi connectivity index (χ4v) is 13.5. The number of carbonyl (C=O) groups excluding carboxylic acids is 4. The van der Waals surface area contributed by atoms with Crippen LogP contribution in [0.2, 0.25) is 0 Å². The quantitative estimate of drug-likeness (QED) is 0.148. The third-order valence-electron chi connectivity index (χ3n) is 17.7. The number of Topliss-reactive ketones (excluding diaryl/α,β-unsaturated/α-hetero) is 2. The SMILES string of the molecule is COC(=O)N1c2ccc3c(nc([C@H](O)c4ccc5c(ccn5C)c4)n3[C@@H]3CCC[C@@H](C(C)=O)C3)c2CC[C@@H]1C.COC(=O)N1c2ccc3c(nc([C@H](O)c4cccc5c4COC5)n3[C@@H]3CCC[C@@H](C(C)=O)C3)c2CC[C@@H]1C. The maximum absolute atomic E-state index is 12.7. The van der Waals surface area contributed by atoms with Crippen LogP contribution < -0.4 is 9.80 Å². The molecule has 77 heavy (non-hydrogen) atoms. The van der Waals surface area contributed by atoms with Crippen LogP contribution in [0.25, 0.3) is 33.0 Å². The summed E-state index contributed by atoms with van der Waals surface area (Å²) in [4.78, 5) is 63.8. The molecule has 0 unspecified atom stereocenters. The molecule has 5 aliphatic rings. The van der Waals surface area contributed by atoms with Gasteiger partial charge in [-0.15, -0.1) is 0 Å². The van der Waals surface area contributed by atoms with Crippen LogP contribution in [0, 0.1) is 11.8 Å². The Bertz CT molecular complexity index is 3450. The van der Waals surface area contributed by atoms with E-state index in [0.29, 0.717) is 24.9 Å². The number of rotatable bonds is 8. The number of aliphatic hydroxyl groups excluding tert-OH is 2. The summed E-state index contributed by atoms with van der Waals surface area (Å²) >= 11 is 0. The molecule has 6 heterocycles. The number of aromatic nitrogens is 5. The standard InChI is InChI=1S/C31H36N4O4.C30H35N3O5/c1-18-8-10-24-26(34(18)31(38)39-4)12-13-27-28(24)32-30(35(27)23-7-5-6-20(17-23)19(2)36)29(37)22-9-11-25-21(16-22)14-15-33(25)3;1-17-10-11-23-25(32(17)30(36)37-3)12-13-26-27(23)31-29(33(26)21-8-4-6-19(14-21)18(2)34)28(35)22-9-5-7-20-15-38-16-24(20)22/h9,11-16,18,20,23,29,37H,5-8,10,17H2,1-4H3;5,7,9,12-13,17,19,21,28,35H,4,6,8,10-11,14-16H2,1-3H3/t18-,20+,23+,29+;17-,19+,21+,28+/m00/s1. The number of aryl methyl sites for hydroxylation is 3. The molecule has 3 aliphatic heterocycles. The maximum atomic E-state index is 12.7. The molecule has 16 nitrogen and oxygen atoms in total. The number of methoxy groups -OCH3 is 2. The van der Waals surface area contributed by atoms with Crippen LogP contribution in [0.1, 0.15) is 161 Å². The van der Waals surface area contributed by atoms with E-state index in [1.54, 1.807) is 23.6 Å². The summed E-state index contributed by atoms with van der Waals surface area (Å²) in [6.45, 7) is 8.44. The van der Waals surface area contributed by atoms with E-state index in [4.69, 9.17) is 24.2 Å². The zero-order chi connectivity index (χ0) is 54.0. The van der Waals surface area contributed by atoms with Gasteiger partial charge in [0.1, 0.15) is 35.4 Å². The average molecular weight is 1050 g/mol. The normalized spacial score (nSPS) is 22.9. The summed E-state index contributed by atoms with van der Waals surface area (Å²) in [5.41, 5.74) is 11.9. The van der Waals surface area contributed by atoms with Crippen LogP contribution in [0.15, 0.2) is 72.9 Å². The average Bonchev–Trinajstić information content (AvgIpc) is 4.44. The highest BCUT2D eigenvalue weighted by atomic mass is 16.5. The van der Waals surface area contributed by atoms with Gasteiger partial charge in [-0.05, 0) is 162 Å². The minimum absolute atomic E-state index is 0.0128. The van der Waals surface area contributed by atoms with Crippen molar-refractivity contribution in [3.8, 4) is 0 Å². The number of imidazole rings is 2. The van der Waals surface area contributed by atoms with Crippen molar-refractivity contribution < 1.29 is 43.6 Å². The Labute approximate surface area is 448 Å². The smallest absolute Gasteiger partial charge is 0.414 e. The Hall–Kier alpha value is -6.88. The molecular formula is C61H71N7O9. The molecule has 0 bridgehead atoms. The Morgan fingerprint density at radius 1 is 0.636 bits per heavy atom. The second-order valence-corrected chi connectivity index (χ2v) is 22.3. The molecule has 12 rings (SSSR count). The molecule has 404 valence electrons. The predicted molar refractivity (Wildman–Crippen MR) is 294 cm³/mol. The second kappa shape index (κ2) is 21.2. The molecule has 2 amide bonds. The molecule has 16 heteroatoms. The van der Waals surface area contributed by atoms with Gasteiger partial charge in [0.2, 0.25) is 0 Å². The molecule has 2 fully saturated rings. The number of ether oxygens (including phenoxy) is 3. The van der Waals surface area contributed by atoms with Gasteiger partial charge < -0.3 is 38.1 Å². The van der Waals surface area contributed by atoms with E-state index in [9.17, 15) is 29.4 Å². The van der Waals surface area contributed by atoms with Crippen molar-refractivity contribution >= 4 is 68.1 Å². The predicted octanol–water partition coefficient (Wildman–Crippen LogP) is 11.2. The number of carbonyl (C=O) groups is 4. The van der Waals surface area contributed by atoms with Crippen molar-refractivity contribution in [3.05, 3.63) is 118 Å². The van der Waals surface area contributed by atoms with E-state index in [2.05, 4.69) is 13.7 Å². The van der Waals surface area contributed by atoms with Gasteiger partial charge >= 0.3 is 12.2 Å².